The Kier molecular flexibility index (Phi) is 4.62. The number of hydrogen-bond donors (Lipinski definition) is 1. The number of ether oxygens (including phenoxy) is 1. The van der Waals surface area contributed by atoms with E-state index in [1.165, 1.54) is 6.20 Å². The molecule has 0 aliphatic rings. The number of halogens is 2. The highest BCUT2D eigenvalue weighted by atomic mass is 79.9. The minimum Gasteiger partial charge on any atom is -0.495 e. The summed E-state index contributed by atoms with van der Waals surface area (Å²) in [5, 5.41) is 3.13. The number of nitrogens with one attached hydrogen (secondary N) is 1. The number of rotatable bonds is 3. The van der Waals surface area contributed by atoms with Gasteiger partial charge in [-0.15, -0.1) is 0 Å². The zero-order valence-electron chi connectivity index (χ0n) is 10.9. The molecule has 0 aliphatic carbocycles. The van der Waals surface area contributed by atoms with Crippen molar-refractivity contribution < 1.29 is 9.53 Å². The molecule has 1 aromatic heterocycles. The Morgan fingerprint density at radius 2 is 2.15 bits per heavy atom. The molecule has 0 atom stereocenters. The maximum absolute atomic E-state index is 12.2. The molecule has 0 spiro atoms. The van der Waals surface area contributed by atoms with Gasteiger partial charge in [-0.05, 0) is 31.2 Å². The van der Waals surface area contributed by atoms with Gasteiger partial charge in [0.1, 0.15) is 5.75 Å². The Morgan fingerprint density at radius 1 is 1.40 bits per heavy atom. The van der Waals surface area contributed by atoms with Crippen molar-refractivity contribution in [2.45, 2.75) is 6.92 Å². The molecule has 1 amide bonds. The van der Waals surface area contributed by atoms with E-state index in [4.69, 9.17) is 16.3 Å². The summed E-state index contributed by atoms with van der Waals surface area (Å²) in [6.07, 6.45) is 1.46. The number of anilines is 1. The van der Waals surface area contributed by atoms with Gasteiger partial charge >= 0.3 is 0 Å². The largest absolute Gasteiger partial charge is 0.495 e. The van der Waals surface area contributed by atoms with Crippen LogP contribution in [0.3, 0.4) is 0 Å². The van der Waals surface area contributed by atoms with Crippen LogP contribution in [0.5, 0.6) is 5.75 Å². The predicted molar refractivity (Wildman–Crippen MR) is 82.6 cm³/mol. The van der Waals surface area contributed by atoms with Crippen LogP contribution in [-0.2, 0) is 0 Å². The van der Waals surface area contributed by atoms with Crippen LogP contribution in [0.15, 0.2) is 34.9 Å². The van der Waals surface area contributed by atoms with Crippen LogP contribution in [0.2, 0.25) is 5.02 Å². The molecule has 2 aromatic rings. The third-order valence-corrected chi connectivity index (χ3v) is 3.45. The maximum Gasteiger partial charge on any atom is 0.258 e. The Bertz CT molecular complexity index is 662. The zero-order valence-corrected chi connectivity index (χ0v) is 13.2. The highest BCUT2D eigenvalue weighted by Gasteiger charge is 2.14. The average molecular weight is 356 g/mol. The lowest BCUT2D eigenvalue weighted by Crippen LogP contribution is -2.13. The lowest BCUT2D eigenvalue weighted by atomic mass is 10.2. The van der Waals surface area contributed by atoms with Crippen molar-refractivity contribution in [1.29, 1.82) is 0 Å². The van der Waals surface area contributed by atoms with Crippen LogP contribution in [0.1, 0.15) is 16.1 Å². The molecule has 0 aliphatic heterocycles. The Morgan fingerprint density at radius 3 is 2.80 bits per heavy atom. The molecule has 0 unspecified atom stereocenters. The van der Waals surface area contributed by atoms with Crippen molar-refractivity contribution in [2.75, 3.05) is 12.4 Å². The number of pyridine rings is 1. The minimum atomic E-state index is -0.334. The molecule has 1 heterocycles. The summed E-state index contributed by atoms with van der Waals surface area (Å²) >= 11 is 9.40. The molecule has 0 radical (unpaired) electrons. The molecule has 0 fully saturated rings. The number of amides is 1. The standard InChI is InChI=1S/C14H12BrClN2O2/c1-8-5-11(16)10(7-17-8)14(19)18-12-6-9(15)3-4-13(12)20-2/h3-7H,1-2H3,(H,18,19). The van der Waals surface area contributed by atoms with Gasteiger partial charge in [-0.1, -0.05) is 27.5 Å². The minimum absolute atomic E-state index is 0.319. The predicted octanol–water partition coefficient (Wildman–Crippen LogP) is 4.07. The van der Waals surface area contributed by atoms with Gasteiger partial charge in [0.25, 0.3) is 5.91 Å². The zero-order chi connectivity index (χ0) is 14.7. The van der Waals surface area contributed by atoms with Crippen LogP contribution < -0.4 is 10.1 Å². The molecule has 1 N–H and O–H groups in total. The summed E-state index contributed by atoms with van der Waals surface area (Å²) in [5.41, 5.74) is 1.63. The Hall–Kier alpha value is -1.59. The second-order valence-corrected chi connectivity index (χ2v) is 5.43. The van der Waals surface area contributed by atoms with E-state index < -0.39 is 0 Å². The van der Waals surface area contributed by atoms with Crippen molar-refractivity contribution in [3.8, 4) is 5.75 Å². The van der Waals surface area contributed by atoms with Crippen molar-refractivity contribution in [2.24, 2.45) is 0 Å². The molecule has 0 saturated carbocycles. The first-order chi connectivity index (χ1) is 9.51. The van der Waals surface area contributed by atoms with Gasteiger partial charge in [-0.2, -0.15) is 0 Å². The number of nitrogens with zero attached hydrogens (tertiary/aromatic N) is 1. The molecule has 0 bridgehead atoms. The van der Waals surface area contributed by atoms with E-state index in [1.54, 1.807) is 25.3 Å². The van der Waals surface area contributed by atoms with Gasteiger partial charge in [0.15, 0.2) is 0 Å². The van der Waals surface area contributed by atoms with Gasteiger partial charge in [0.05, 0.1) is 23.4 Å². The number of methoxy groups -OCH3 is 1. The fourth-order valence-corrected chi connectivity index (χ4v) is 2.31. The van der Waals surface area contributed by atoms with Gasteiger partial charge in [-0.3, -0.25) is 9.78 Å². The van der Waals surface area contributed by atoms with E-state index in [-0.39, 0.29) is 5.91 Å². The van der Waals surface area contributed by atoms with Crippen molar-refractivity contribution in [3.05, 3.63) is 51.2 Å². The third kappa shape index (κ3) is 3.29. The normalized spacial score (nSPS) is 10.2. The SMILES string of the molecule is COc1ccc(Br)cc1NC(=O)c1cnc(C)cc1Cl. The van der Waals surface area contributed by atoms with E-state index in [0.717, 1.165) is 10.2 Å². The molecular weight excluding hydrogens is 344 g/mol. The van der Waals surface area contributed by atoms with E-state index >= 15 is 0 Å². The molecular formula is C14H12BrClN2O2. The number of hydrogen-bond acceptors (Lipinski definition) is 3. The summed E-state index contributed by atoms with van der Waals surface area (Å²) in [7, 11) is 1.54. The molecule has 2 rings (SSSR count). The van der Waals surface area contributed by atoms with Crippen molar-refractivity contribution >= 4 is 39.1 Å². The number of aromatic nitrogens is 1. The van der Waals surface area contributed by atoms with Gasteiger partial charge in [0, 0.05) is 16.4 Å². The van der Waals surface area contributed by atoms with Gasteiger partial charge in [0.2, 0.25) is 0 Å². The topological polar surface area (TPSA) is 51.2 Å². The molecule has 0 saturated heterocycles. The summed E-state index contributed by atoms with van der Waals surface area (Å²) in [4.78, 5) is 16.3. The van der Waals surface area contributed by atoms with Crippen molar-refractivity contribution in [1.82, 2.24) is 4.98 Å². The first-order valence-electron chi connectivity index (χ1n) is 5.78. The Balaban J connectivity index is 2.30. The van der Waals surface area contributed by atoms with Crippen LogP contribution in [0, 0.1) is 6.92 Å². The van der Waals surface area contributed by atoms with Crippen molar-refractivity contribution in [3.63, 3.8) is 0 Å². The fraction of sp³-hybridized carbons (Fsp3) is 0.143. The number of benzene rings is 1. The highest BCUT2D eigenvalue weighted by molar-refractivity contribution is 9.10. The number of aryl methyl sites for hydroxylation is 1. The maximum atomic E-state index is 12.2. The number of carbonyl (C=O) groups is 1. The molecule has 4 nitrogen and oxygen atoms in total. The second kappa shape index (κ2) is 6.24. The lowest BCUT2D eigenvalue weighted by Gasteiger charge is -2.11. The van der Waals surface area contributed by atoms with E-state index in [1.807, 2.05) is 13.0 Å². The van der Waals surface area contributed by atoms with Gasteiger partial charge < -0.3 is 10.1 Å². The van der Waals surface area contributed by atoms with Gasteiger partial charge in [-0.25, -0.2) is 0 Å². The molecule has 1 aromatic carbocycles. The van der Waals surface area contributed by atoms with Crippen LogP contribution >= 0.6 is 27.5 Å². The molecule has 6 heteroatoms. The van der Waals surface area contributed by atoms with E-state index in [9.17, 15) is 4.79 Å². The third-order valence-electron chi connectivity index (χ3n) is 2.64. The fourth-order valence-electron chi connectivity index (χ4n) is 1.66. The smallest absolute Gasteiger partial charge is 0.258 e. The van der Waals surface area contributed by atoms with Crippen LogP contribution in [0.25, 0.3) is 0 Å². The first-order valence-corrected chi connectivity index (χ1v) is 6.95. The highest BCUT2D eigenvalue weighted by Crippen LogP contribution is 2.29. The van der Waals surface area contributed by atoms with E-state index in [2.05, 4.69) is 26.2 Å². The summed E-state index contributed by atoms with van der Waals surface area (Å²) in [5.74, 6) is 0.233. The second-order valence-electron chi connectivity index (χ2n) is 4.10. The molecule has 20 heavy (non-hydrogen) atoms. The molecule has 104 valence electrons. The summed E-state index contributed by atoms with van der Waals surface area (Å²) in [6.45, 7) is 1.81. The first kappa shape index (κ1) is 14.8. The quantitative estimate of drug-likeness (QED) is 0.903. The average Bonchev–Trinajstić information content (AvgIpc) is 2.38. The summed E-state index contributed by atoms with van der Waals surface area (Å²) < 4.78 is 6.04. The van der Waals surface area contributed by atoms with Crippen LogP contribution in [-0.4, -0.2) is 18.0 Å². The number of carbonyl (C=O) groups excluding carboxylic acids is 1. The summed E-state index contributed by atoms with van der Waals surface area (Å²) in [6, 6.07) is 6.99. The Labute approximate surface area is 130 Å². The van der Waals surface area contributed by atoms with Crippen LogP contribution in [0.4, 0.5) is 5.69 Å². The lowest BCUT2D eigenvalue weighted by molar-refractivity contribution is 0.102. The van der Waals surface area contributed by atoms with E-state index in [0.29, 0.717) is 22.0 Å². The monoisotopic (exact) mass is 354 g/mol.